The summed E-state index contributed by atoms with van der Waals surface area (Å²) in [5.74, 6) is -2.31. The number of hydrogen-bond acceptors (Lipinski definition) is 3. The summed E-state index contributed by atoms with van der Waals surface area (Å²) in [7, 11) is 3.05. The molecule has 0 spiro atoms. The van der Waals surface area contributed by atoms with Crippen LogP contribution in [0.25, 0.3) is 16.7 Å². The molecule has 0 radical (unpaired) electrons. The number of halogens is 2. The molecule has 3 aromatic carbocycles. The molecule has 9 heteroatoms. The first-order valence-corrected chi connectivity index (χ1v) is 10.3. The molecule has 1 amide bonds. The number of rotatable bonds is 5. The van der Waals surface area contributed by atoms with E-state index in [0.29, 0.717) is 21.6 Å². The van der Waals surface area contributed by atoms with Crippen molar-refractivity contribution in [2.75, 3.05) is 14.1 Å². The number of amides is 1. The van der Waals surface area contributed by atoms with Crippen LogP contribution in [-0.2, 0) is 6.54 Å². The average Bonchev–Trinajstić information content (AvgIpc) is 3.03. The van der Waals surface area contributed by atoms with Crippen LogP contribution >= 0.6 is 11.6 Å². The number of aromatic nitrogens is 2. The quantitative estimate of drug-likeness (QED) is 0.480. The number of imidazole rings is 1. The largest absolute Gasteiger partial charge is 0.478 e. The van der Waals surface area contributed by atoms with Crippen molar-refractivity contribution in [1.82, 2.24) is 14.0 Å². The minimum Gasteiger partial charge on any atom is -0.478 e. The van der Waals surface area contributed by atoms with Gasteiger partial charge in [-0.15, -0.1) is 0 Å². The molecule has 0 unspecified atom stereocenters. The Morgan fingerprint density at radius 2 is 1.79 bits per heavy atom. The molecule has 0 saturated heterocycles. The zero-order valence-electron chi connectivity index (χ0n) is 17.8. The molecule has 168 valence electrons. The van der Waals surface area contributed by atoms with Crippen molar-refractivity contribution in [2.45, 2.75) is 6.54 Å². The van der Waals surface area contributed by atoms with Crippen LogP contribution in [0.15, 0.2) is 65.5 Å². The van der Waals surface area contributed by atoms with E-state index in [2.05, 4.69) is 0 Å². The molecule has 0 saturated carbocycles. The Morgan fingerprint density at radius 1 is 1.03 bits per heavy atom. The lowest BCUT2D eigenvalue weighted by atomic mass is 10.1. The molecule has 4 aromatic rings. The van der Waals surface area contributed by atoms with Crippen LogP contribution in [0, 0.1) is 5.82 Å². The number of carboxylic acids is 1. The van der Waals surface area contributed by atoms with Crippen LogP contribution in [0.4, 0.5) is 4.39 Å². The highest BCUT2D eigenvalue weighted by Crippen LogP contribution is 2.24. The van der Waals surface area contributed by atoms with Gasteiger partial charge >= 0.3 is 11.7 Å². The first kappa shape index (κ1) is 22.3. The summed E-state index contributed by atoms with van der Waals surface area (Å²) in [4.78, 5) is 38.2. The highest BCUT2D eigenvalue weighted by atomic mass is 35.5. The number of carbonyl (C=O) groups excluding carboxylic acids is 1. The van der Waals surface area contributed by atoms with E-state index in [1.54, 1.807) is 30.3 Å². The third kappa shape index (κ3) is 4.12. The Morgan fingerprint density at radius 3 is 2.45 bits per heavy atom. The van der Waals surface area contributed by atoms with Gasteiger partial charge in [-0.1, -0.05) is 23.7 Å². The monoisotopic (exact) mass is 467 g/mol. The molecule has 0 fully saturated rings. The van der Waals surface area contributed by atoms with Gasteiger partial charge in [0.25, 0.3) is 5.91 Å². The van der Waals surface area contributed by atoms with E-state index in [-0.39, 0.29) is 23.4 Å². The van der Waals surface area contributed by atoms with E-state index < -0.39 is 23.4 Å². The van der Waals surface area contributed by atoms with Crippen LogP contribution in [-0.4, -0.2) is 45.1 Å². The van der Waals surface area contributed by atoms with Gasteiger partial charge in [0, 0.05) is 19.1 Å². The van der Waals surface area contributed by atoms with E-state index >= 15 is 0 Å². The van der Waals surface area contributed by atoms with Gasteiger partial charge in [0.05, 0.1) is 34.4 Å². The Kier molecular flexibility index (Phi) is 5.78. The first-order chi connectivity index (χ1) is 15.7. The zero-order chi connectivity index (χ0) is 23.9. The molecule has 4 rings (SSSR count). The second-order valence-corrected chi connectivity index (χ2v) is 8.14. The van der Waals surface area contributed by atoms with Crippen LogP contribution < -0.4 is 5.69 Å². The topological polar surface area (TPSA) is 84.5 Å². The van der Waals surface area contributed by atoms with Crippen LogP contribution in [0.1, 0.15) is 26.3 Å². The van der Waals surface area contributed by atoms with Gasteiger partial charge in [0.1, 0.15) is 5.82 Å². The minimum atomic E-state index is -1.07. The van der Waals surface area contributed by atoms with E-state index in [9.17, 15) is 23.9 Å². The number of carboxylic acid groups (broad SMARTS) is 1. The lowest BCUT2D eigenvalue weighted by molar-refractivity contribution is 0.0696. The number of carbonyl (C=O) groups is 2. The number of nitrogens with zero attached hydrogens (tertiary/aromatic N) is 3. The van der Waals surface area contributed by atoms with Crippen molar-refractivity contribution >= 4 is 34.5 Å². The molecule has 1 heterocycles. The summed E-state index contributed by atoms with van der Waals surface area (Å²) < 4.78 is 17.6. The molecule has 1 N–H and O–H groups in total. The van der Waals surface area contributed by atoms with Gasteiger partial charge in [-0.2, -0.15) is 0 Å². The van der Waals surface area contributed by atoms with E-state index in [4.69, 9.17) is 11.6 Å². The normalized spacial score (nSPS) is 11.0. The Hall–Kier alpha value is -3.91. The number of fused-ring (bicyclic) bond motifs is 1. The molecular formula is C24H19ClFN3O4. The molecule has 7 nitrogen and oxygen atoms in total. The predicted molar refractivity (Wildman–Crippen MR) is 123 cm³/mol. The molecule has 0 bridgehead atoms. The first-order valence-electron chi connectivity index (χ1n) is 9.92. The predicted octanol–water partition coefficient (Wildman–Crippen LogP) is 4.03. The molecule has 0 atom stereocenters. The Balaban J connectivity index is 1.88. The third-order valence-electron chi connectivity index (χ3n) is 5.25. The van der Waals surface area contributed by atoms with Crippen LogP contribution in [0.5, 0.6) is 0 Å². The maximum Gasteiger partial charge on any atom is 0.335 e. The molecule has 33 heavy (non-hydrogen) atoms. The van der Waals surface area contributed by atoms with Gasteiger partial charge in [0.15, 0.2) is 0 Å². The van der Waals surface area contributed by atoms with Crippen molar-refractivity contribution in [2.24, 2.45) is 0 Å². The highest BCUT2D eigenvalue weighted by molar-refractivity contribution is 6.31. The molecule has 0 aliphatic rings. The average molecular weight is 468 g/mol. The SMILES string of the molecule is CN(C)C(=O)c1ccc(-n2c(=O)n(Cc3cccc(C(=O)O)c3)c3ccc(Cl)cc32)cc1F. The summed E-state index contributed by atoms with van der Waals surface area (Å²) in [6.45, 7) is 0.102. The van der Waals surface area contributed by atoms with Crippen molar-refractivity contribution in [3.8, 4) is 5.69 Å². The summed E-state index contributed by atoms with van der Waals surface area (Å²) in [5, 5.41) is 9.65. The van der Waals surface area contributed by atoms with Gasteiger partial charge < -0.3 is 10.0 Å². The minimum absolute atomic E-state index is 0.102. The van der Waals surface area contributed by atoms with E-state index in [1.165, 1.54) is 52.4 Å². The molecule has 1 aromatic heterocycles. The number of hydrogen-bond donors (Lipinski definition) is 1. The molecule has 0 aliphatic carbocycles. The summed E-state index contributed by atoms with van der Waals surface area (Å²) in [5.41, 5.74) is 1.38. The molecular weight excluding hydrogens is 449 g/mol. The molecule has 0 aliphatic heterocycles. The fourth-order valence-electron chi connectivity index (χ4n) is 3.68. The van der Waals surface area contributed by atoms with Crippen LogP contribution in [0.2, 0.25) is 5.02 Å². The standard InChI is InChI=1S/C24H19ClFN3O4/c1-27(2)22(30)18-8-7-17(12-19(18)26)29-21-11-16(25)6-9-20(21)28(24(29)33)13-14-4-3-5-15(10-14)23(31)32/h3-12H,13H2,1-2H3,(H,31,32). The fraction of sp³-hybridized carbons (Fsp3) is 0.125. The lowest BCUT2D eigenvalue weighted by Crippen LogP contribution is -2.25. The zero-order valence-corrected chi connectivity index (χ0v) is 18.5. The lowest BCUT2D eigenvalue weighted by Gasteiger charge is -2.12. The number of benzene rings is 3. The second-order valence-electron chi connectivity index (χ2n) is 7.71. The fourth-order valence-corrected chi connectivity index (χ4v) is 3.84. The summed E-state index contributed by atoms with van der Waals surface area (Å²) >= 11 is 6.17. The Labute approximate surface area is 192 Å². The van der Waals surface area contributed by atoms with Crippen molar-refractivity contribution in [1.29, 1.82) is 0 Å². The van der Waals surface area contributed by atoms with Crippen molar-refractivity contribution in [3.05, 3.63) is 98.7 Å². The smallest absolute Gasteiger partial charge is 0.335 e. The third-order valence-corrected chi connectivity index (χ3v) is 5.49. The number of aromatic carboxylic acids is 1. The van der Waals surface area contributed by atoms with Crippen molar-refractivity contribution in [3.63, 3.8) is 0 Å². The second kappa shape index (κ2) is 8.55. The maximum absolute atomic E-state index is 14.8. The summed E-state index contributed by atoms with van der Waals surface area (Å²) in [6.07, 6.45) is 0. The highest BCUT2D eigenvalue weighted by Gasteiger charge is 2.19. The van der Waals surface area contributed by atoms with Crippen molar-refractivity contribution < 1.29 is 19.1 Å². The Bertz CT molecular complexity index is 1470. The van der Waals surface area contributed by atoms with Gasteiger partial charge in [0.2, 0.25) is 0 Å². The van der Waals surface area contributed by atoms with E-state index in [1.807, 2.05) is 0 Å². The summed E-state index contributed by atoms with van der Waals surface area (Å²) in [6, 6.07) is 15.2. The maximum atomic E-state index is 14.8. The van der Waals surface area contributed by atoms with E-state index in [0.717, 1.165) is 6.07 Å². The van der Waals surface area contributed by atoms with Gasteiger partial charge in [-0.25, -0.2) is 14.0 Å². The van der Waals surface area contributed by atoms with Gasteiger partial charge in [-0.05, 0) is 54.1 Å². The van der Waals surface area contributed by atoms with Gasteiger partial charge in [-0.3, -0.25) is 13.9 Å². The van der Waals surface area contributed by atoms with Crippen LogP contribution in [0.3, 0.4) is 0 Å².